The van der Waals surface area contributed by atoms with Crippen molar-refractivity contribution in [2.24, 2.45) is 0 Å². The Balaban J connectivity index is 1.71. The molecule has 0 saturated heterocycles. The quantitative estimate of drug-likeness (QED) is 0.458. The Bertz CT molecular complexity index is 1490. The SMILES string of the molecule is Cc1cccc(-n2c([C@@H](C)Nc3ncnc4nc[nH]c34)cc3ccc(F)cc3c2=O)c1. The number of H-pyrrole nitrogens is 1. The summed E-state index contributed by atoms with van der Waals surface area (Å²) in [5.41, 5.74) is 3.41. The first-order valence-electron chi connectivity index (χ1n) is 9.84. The second kappa shape index (κ2) is 7.32. The normalized spacial score (nSPS) is 12.4. The van der Waals surface area contributed by atoms with E-state index in [2.05, 4.69) is 25.3 Å². The molecule has 0 aliphatic heterocycles. The molecule has 0 aliphatic carbocycles. The molecule has 0 unspecified atom stereocenters. The van der Waals surface area contributed by atoms with E-state index in [9.17, 15) is 9.18 Å². The number of nitrogens with zero attached hydrogens (tertiary/aromatic N) is 4. The number of aromatic amines is 1. The maximum atomic E-state index is 13.9. The molecule has 0 saturated carbocycles. The van der Waals surface area contributed by atoms with Crippen LogP contribution in [-0.2, 0) is 0 Å². The van der Waals surface area contributed by atoms with Crippen molar-refractivity contribution in [2.75, 3.05) is 5.32 Å². The molecule has 0 radical (unpaired) electrons. The summed E-state index contributed by atoms with van der Waals surface area (Å²) in [7, 11) is 0. The Hall–Kier alpha value is -4.07. The number of benzene rings is 2. The second-order valence-corrected chi connectivity index (χ2v) is 7.47. The average Bonchev–Trinajstić information content (AvgIpc) is 3.24. The van der Waals surface area contributed by atoms with E-state index in [-0.39, 0.29) is 11.6 Å². The van der Waals surface area contributed by atoms with Gasteiger partial charge in [-0.25, -0.2) is 19.3 Å². The molecule has 2 aromatic carbocycles. The first-order valence-corrected chi connectivity index (χ1v) is 9.84. The molecule has 154 valence electrons. The van der Waals surface area contributed by atoms with Crippen molar-refractivity contribution in [2.45, 2.75) is 19.9 Å². The lowest BCUT2D eigenvalue weighted by Crippen LogP contribution is -2.25. The number of hydrogen-bond acceptors (Lipinski definition) is 5. The highest BCUT2D eigenvalue weighted by molar-refractivity contribution is 5.84. The lowest BCUT2D eigenvalue weighted by atomic mass is 10.1. The molecule has 3 heterocycles. The lowest BCUT2D eigenvalue weighted by Gasteiger charge is -2.21. The Morgan fingerprint density at radius 2 is 1.97 bits per heavy atom. The van der Waals surface area contributed by atoms with Crippen molar-refractivity contribution >= 4 is 27.8 Å². The minimum absolute atomic E-state index is 0.277. The summed E-state index contributed by atoms with van der Waals surface area (Å²) in [6.45, 7) is 3.91. The van der Waals surface area contributed by atoms with Crippen LogP contribution in [0.5, 0.6) is 0 Å². The zero-order chi connectivity index (χ0) is 21.5. The van der Waals surface area contributed by atoms with E-state index in [0.717, 1.165) is 11.3 Å². The summed E-state index contributed by atoms with van der Waals surface area (Å²) < 4.78 is 15.5. The maximum absolute atomic E-state index is 13.9. The monoisotopic (exact) mass is 414 g/mol. The number of nitrogens with one attached hydrogen (secondary N) is 2. The maximum Gasteiger partial charge on any atom is 0.263 e. The number of halogens is 1. The summed E-state index contributed by atoms with van der Waals surface area (Å²) in [4.78, 5) is 29.1. The number of aryl methyl sites for hydroxylation is 1. The summed E-state index contributed by atoms with van der Waals surface area (Å²) in [5, 5.41) is 4.36. The van der Waals surface area contributed by atoms with Crippen LogP contribution in [0.3, 0.4) is 0 Å². The third-order valence-electron chi connectivity index (χ3n) is 5.29. The number of anilines is 1. The van der Waals surface area contributed by atoms with E-state index in [1.54, 1.807) is 17.0 Å². The van der Waals surface area contributed by atoms with Gasteiger partial charge in [0.05, 0.1) is 17.8 Å². The molecule has 0 spiro atoms. The molecule has 0 amide bonds. The van der Waals surface area contributed by atoms with Crippen molar-refractivity contribution in [1.29, 1.82) is 0 Å². The van der Waals surface area contributed by atoms with Crippen molar-refractivity contribution < 1.29 is 4.39 Å². The van der Waals surface area contributed by atoms with E-state index in [4.69, 9.17) is 0 Å². The molecule has 3 aromatic heterocycles. The number of rotatable bonds is 4. The van der Waals surface area contributed by atoms with Gasteiger partial charge in [-0.2, -0.15) is 0 Å². The molecule has 7 nitrogen and oxygen atoms in total. The third-order valence-corrected chi connectivity index (χ3v) is 5.29. The van der Waals surface area contributed by atoms with Crippen LogP contribution in [0.2, 0.25) is 0 Å². The molecule has 1 atom stereocenters. The van der Waals surface area contributed by atoms with E-state index in [0.29, 0.717) is 33.4 Å². The van der Waals surface area contributed by atoms with Crippen LogP contribution >= 0.6 is 0 Å². The Morgan fingerprint density at radius 1 is 1.10 bits per heavy atom. The molecule has 8 heteroatoms. The fourth-order valence-electron chi connectivity index (χ4n) is 3.81. The molecule has 5 aromatic rings. The summed E-state index contributed by atoms with van der Waals surface area (Å²) in [5.74, 6) is 0.138. The van der Waals surface area contributed by atoms with Crippen molar-refractivity contribution in [1.82, 2.24) is 24.5 Å². The summed E-state index contributed by atoms with van der Waals surface area (Å²) in [6.07, 6.45) is 3.00. The van der Waals surface area contributed by atoms with Crippen molar-refractivity contribution in [3.63, 3.8) is 0 Å². The molecule has 0 aliphatic rings. The number of pyridine rings is 1. The van der Waals surface area contributed by atoms with Gasteiger partial charge in [-0.15, -0.1) is 0 Å². The van der Waals surface area contributed by atoms with Gasteiger partial charge in [0.2, 0.25) is 0 Å². The van der Waals surface area contributed by atoms with Gasteiger partial charge in [-0.05, 0) is 55.1 Å². The van der Waals surface area contributed by atoms with Gasteiger partial charge >= 0.3 is 0 Å². The highest BCUT2D eigenvalue weighted by Gasteiger charge is 2.18. The Morgan fingerprint density at radius 3 is 2.81 bits per heavy atom. The van der Waals surface area contributed by atoms with Gasteiger partial charge in [0.15, 0.2) is 11.5 Å². The van der Waals surface area contributed by atoms with E-state index in [1.165, 1.54) is 18.5 Å². The van der Waals surface area contributed by atoms with Gasteiger partial charge in [0.25, 0.3) is 5.56 Å². The van der Waals surface area contributed by atoms with Gasteiger partial charge in [0, 0.05) is 11.4 Å². The topological polar surface area (TPSA) is 88.5 Å². The van der Waals surface area contributed by atoms with Crippen LogP contribution in [0.4, 0.5) is 10.2 Å². The number of fused-ring (bicyclic) bond motifs is 2. The van der Waals surface area contributed by atoms with Crippen LogP contribution < -0.4 is 10.9 Å². The number of hydrogen-bond donors (Lipinski definition) is 2. The smallest absolute Gasteiger partial charge is 0.263 e. The lowest BCUT2D eigenvalue weighted by molar-refractivity contribution is 0.629. The second-order valence-electron chi connectivity index (χ2n) is 7.47. The predicted octanol–water partition coefficient (Wildman–Crippen LogP) is 4.28. The van der Waals surface area contributed by atoms with Crippen LogP contribution in [0, 0.1) is 12.7 Å². The van der Waals surface area contributed by atoms with E-state index < -0.39 is 5.82 Å². The highest BCUT2D eigenvalue weighted by atomic mass is 19.1. The number of imidazole rings is 1. The zero-order valence-corrected chi connectivity index (χ0v) is 16.9. The van der Waals surface area contributed by atoms with Crippen LogP contribution in [0.25, 0.3) is 27.6 Å². The van der Waals surface area contributed by atoms with Crippen LogP contribution in [0.1, 0.15) is 24.2 Å². The molecule has 0 bridgehead atoms. The van der Waals surface area contributed by atoms with E-state index in [1.807, 2.05) is 44.2 Å². The first-order chi connectivity index (χ1) is 15.0. The molecule has 0 fully saturated rings. The molecule has 31 heavy (non-hydrogen) atoms. The van der Waals surface area contributed by atoms with Gasteiger partial charge in [-0.3, -0.25) is 9.36 Å². The van der Waals surface area contributed by atoms with Crippen LogP contribution in [0.15, 0.2) is 66.0 Å². The largest absolute Gasteiger partial charge is 0.360 e. The minimum Gasteiger partial charge on any atom is -0.360 e. The molecular weight excluding hydrogens is 395 g/mol. The Kier molecular flexibility index (Phi) is 4.47. The minimum atomic E-state index is -0.443. The molecular formula is C23H19FN6O. The van der Waals surface area contributed by atoms with Gasteiger partial charge < -0.3 is 10.3 Å². The fraction of sp³-hybridized carbons (Fsp3) is 0.130. The molecule has 2 N–H and O–H groups in total. The summed E-state index contributed by atoms with van der Waals surface area (Å²) in [6, 6.07) is 13.5. The standard InChI is InChI=1S/C23H19FN6O/c1-13-4-3-5-17(8-13)30-19(9-15-6-7-16(24)10-18(15)23(30)31)14(2)29-22-20-21(26-11-25-20)27-12-28-22/h3-12,14H,1-2H3,(H2,25,26,27,28,29)/t14-/m1/s1. The van der Waals surface area contributed by atoms with Gasteiger partial charge in [0.1, 0.15) is 17.7 Å². The fourth-order valence-corrected chi connectivity index (χ4v) is 3.81. The van der Waals surface area contributed by atoms with Gasteiger partial charge in [-0.1, -0.05) is 18.2 Å². The van der Waals surface area contributed by atoms with E-state index >= 15 is 0 Å². The highest BCUT2D eigenvalue weighted by Crippen LogP contribution is 2.26. The average molecular weight is 414 g/mol. The summed E-state index contributed by atoms with van der Waals surface area (Å²) >= 11 is 0. The van der Waals surface area contributed by atoms with Crippen LogP contribution in [-0.4, -0.2) is 24.5 Å². The Labute approximate surface area is 176 Å². The van der Waals surface area contributed by atoms with Crippen molar-refractivity contribution in [3.8, 4) is 5.69 Å². The number of aromatic nitrogens is 5. The first kappa shape index (κ1) is 18.9. The zero-order valence-electron chi connectivity index (χ0n) is 16.9. The predicted molar refractivity (Wildman–Crippen MR) is 118 cm³/mol. The van der Waals surface area contributed by atoms with Crippen molar-refractivity contribution in [3.05, 3.63) is 88.6 Å². The third kappa shape index (κ3) is 3.31. The molecule has 5 rings (SSSR count).